The van der Waals surface area contributed by atoms with Gasteiger partial charge in [0.25, 0.3) is 5.69 Å². The van der Waals surface area contributed by atoms with Crippen LogP contribution in [0.25, 0.3) is 0 Å². The molecule has 1 aliphatic heterocycles. The molecule has 2 aromatic rings. The molecule has 8 heteroatoms. The third-order valence-electron chi connectivity index (χ3n) is 4.19. The Morgan fingerprint density at radius 2 is 1.75 bits per heavy atom. The second kappa shape index (κ2) is 6.77. The maximum absolute atomic E-state index is 10.9. The third-order valence-corrected chi connectivity index (χ3v) is 4.19. The maximum atomic E-state index is 10.9. The summed E-state index contributed by atoms with van der Waals surface area (Å²) in [6.07, 6.45) is 2.31. The molecule has 1 fully saturated rings. The molecule has 3 rings (SSSR count). The van der Waals surface area contributed by atoms with E-state index in [1.807, 2.05) is 19.1 Å². The molecule has 126 valence electrons. The number of nitrogens with zero attached hydrogens (tertiary/aromatic N) is 6. The molecule has 8 nitrogen and oxygen atoms in total. The minimum Gasteiger partial charge on any atom is -0.355 e. The number of aromatic nitrogens is 3. The van der Waals surface area contributed by atoms with Gasteiger partial charge in [-0.3, -0.25) is 10.1 Å². The molecule has 24 heavy (non-hydrogen) atoms. The van der Waals surface area contributed by atoms with Crippen LogP contribution < -0.4 is 9.80 Å². The zero-order valence-corrected chi connectivity index (χ0v) is 13.8. The molecule has 0 aliphatic carbocycles. The first-order chi connectivity index (χ1) is 11.5. The van der Waals surface area contributed by atoms with Gasteiger partial charge in [-0.1, -0.05) is 0 Å². The number of hydrogen-bond acceptors (Lipinski definition) is 7. The summed E-state index contributed by atoms with van der Waals surface area (Å²) in [5.74, 6) is 1.67. The molecule has 1 saturated heterocycles. The van der Waals surface area contributed by atoms with Crippen LogP contribution in [0.4, 0.5) is 17.3 Å². The van der Waals surface area contributed by atoms with Gasteiger partial charge in [-0.05, 0) is 38.5 Å². The Kier molecular flexibility index (Phi) is 4.54. The fraction of sp³-hybridized carbons (Fsp3) is 0.438. The molecule has 3 heterocycles. The molecular formula is C16H20N6O2. The molecule has 0 bridgehead atoms. The molecule has 0 amide bonds. The zero-order chi connectivity index (χ0) is 17.1. The van der Waals surface area contributed by atoms with Crippen molar-refractivity contribution >= 4 is 17.3 Å². The van der Waals surface area contributed by atoms with E-state index in [4.69, 9.17) is 0 Å². The highest BCUT2D eigenvalue weighted by molar-refractivity contribution is 5.49. The van der Waals surface area contributed by atoms with Crippen LogP contribution in [0.3, 0.4) is 0 Å². The molecule has 2 aromatic heterocycles. The third kappa shape index (κ3) is 3.42. The molecule has 0 unspecified atom stereocenters. The van der Waals surface area contributed by atoms with Crippen LogP contribution in [0.1, 0.15) is 17.7 Å². The van der Waals surface area contributed by atoms with Gasteiger partial charge in [0.15, 0.2) is 5.82 Å². The molecule has 0 radical (unpaired) electrons. The highest BCUT2D eigenvalue weighted by Gasteiger charge is 2.19. The van der Waals surface area contributed by atoms with Crippen LogP contribution in [0.5, 0.6) is 0 Å². The lowest BCUT2D eigenvalue weighted by atomic mass is 10.2. The predicted molar refractivity (Wildman–Crippen MR) is 91.4 cm³/mol. The van der Waals surface area contributed by atoms with Crippen LogP contribution in [0.15, 0.2) is 24.4 Å². The number of aryl methyl sites for hydroxylation is 2. The lowest BCUT2D eigenvalue weighted by molar-refractivity contribution is -0.385. The SMILES string of the molecule is Cc1ccc(N2CCCN(c3cc(C)c([N+](=O)[O-])cn3)CC2)nn1. The number of rotatable bonds is 3. The quantitative estimate of drug-likeness (QED) is 0.630. The Bertz CT molecular complexity index is 734. The Labute approximate surface area is 140 Å². The van der Waals surface area contributed by atoms with Crippen LogP contribution >= 0.6 is 0 Å². The van der Waals surface area contributed by atoms with Crippen molar-refractivity contribution in [3.8, 4) is 0 Å². The standard InChI is InChI=1S/C16H20N6O2/c1-12-10-16(17-11-14(12)22(23)24)21-7-3-6-20(8-9-21)15-5-4-13(2)18-19-15/h4-5,10-11H,3,6-9H2,1-2H3. The second-order valence-corrected chi connectivity index (χ2v) is 5.95. The Morgan fingerprint density at radius 1 is 1.04 bits per heavy atom. The van der Waals surface area contributed by atoms with E-state index in [-0.39, 0.29) is 5.69 Å². The van der Waals surface area contributed by atoms with Gasteiger partial charge in [-0.2, -0.15) is 5.10 Å². The van der Waals surface area contributed by atoms with E-state index in [1.165, 1.54) is 6.20 Å². The molecule has 0 aromatic carbocycles. The fourth-order valence-corrected chi connectivity index (χ4v) is 2.83. The fourth-order valence-electron chi connectivity index (χ4n) is 2.83. The first-order valence-corrected chi connectivity index (χ1v) is 7.96. The summed E-state index contributed by atoms with van der Waals surface area (Å²) < 4.78 is 0. The average molecular weight is 328 g/mol. The van der Waals surface area contributed by atoms with Gasteiger partial charge in [-0.15, -0.1) is 5.10 Å². The van der Waals surface area contributed by atoms with Crippen molar-refractivity contribution in [1.82, 2.24) is 15.2 Å². The smallest absolute Gasteiger partial charge is 0.290 e. The normalized spacial score (nSPS) is 15.2. The van der Waals surface area contributed by atoms with Gasteiger partial charge in [0.1, 0.15) is 12.0 Å². The number of anilines is 2. The van der Waals surface area contributed by atoms with Gasteiger partial charge < -0.3 is 9.80 Å². The molecule has 0 spiro atoms. The summed E-state index contributed by atoms with van der Waals surface area (Å²) in [4.78, 5) is 19.2. The van der Waals surface area contributed by atoms with Crippen molar-refractivity contribution < 1.29 is 4.92 Å². The van der Waals surface area contributed by atoms with E-state index in [2.05, 4.69) is 25.0 Å². The molecule has 1 aliphatic rings. The van der Waals surface area contributed by atoms with E-state index in [0.29, 0.717) is 5.56 Å². The van der Waals surface area contributed by atoms with Gasteiger partial charge in [-0.25, -0.2) is 4.98 Å². The summed E-state index contributed by atoms with van der Waals surface area (Å²) >= 11 is 0. The lowest BCUT2D eigenvalue weighted by Gasteiger charge is -2.23. The van der Waals surface area contributed by atoms with Crippen molar-refractivity contribution in [3.63, 3.8) is 0 Å². The second-order valence-electron chi connectivity index (χ2n) is 5.95. The van der Waals surface area contributed by atoms with Crippen LogP contribution in [0.2, 0.25) is 0 Å². The summed E-state index contributed by atoms with van der Waals surface area (Å²) in [6.45, 7) is 7.04. The van der Waals surface area contributed by atoms with Crippen molar-refractivity contribution in [3.05, 3.63) is 45.8 Å². The van der Waals surface area contributed by atoms with Crippen LogP contribution in [0, 0.1) is 24.0 Å². The predicted octanol–water partition coefficient (Wildman–Crippen LogP) is 2.11. The zero-order valence-electron chi connectivity index (χ0n) is 13.8. The Morgan fingerprint density at radius 3 is 2.33 bits per heavy atom. The molecule has 0 N–H and O–H groups in total. The summed E-state index contributed by atoms with van der Waals surface area (Å²) in [5.41, 5.74) is 1.60. The number of nitro groups is 1. The van der Waals surface area contributed by atoms with Crippen molar-refractivity contribution in [2.75, 3.05) is 36.0 Å². The van der Waals surface area contributed by atoms with E-state index < -0.39 is 4.92 Å². The summed E-state index contributed by atoms with van der Waals surface area (Å²) in [5, 5.41) is 19.3. The molecular weight excluding hydrogens is 308 g/mol. The van der Waals surface area contributed by atoms with Gasteiger partial charge in [0.2, 0.25) is 0 Å². The van der Waals surface area contributed by atoms with Gasteiger partial charge in [0, 0.05) is 31.7 Å². The molecule has 0 saturated carbocycles. The topological polar surface area (TPSA) is 88.3 Å². The largest absolute Gasteiger partial charge is 0.355 e. The van der Waals surface area contributed by atoms with E-state index in [0.717, 1.165) is 49.9 Å². The monoisotopic (exact) mass is 328 g/mol. The van der Waals surface area contributed by atoms with Crippen LogP contribution in [-0.2, 0) is 0 Å². The first kappa shape index (κ1) is 16.1. The van der Waals surface area contributed by atoms with E-state index >= 15 is 0 Å². The van der Waals surface area contributed by atoms with Gasteiger partial charge >= 0.3 is 0 Å². The number of pyridine rings is 1. The van der Waals surface area contributed by atoms with E-state index in [9.17, 15) is 10.1 Å². The van der Waals surface area contributed by atoms with Crippen LogP contribution in [-0.4, -0.2) is 46.3 Å². The van der Waals surface area contributed by atoms with Crippen molar-refractivity contribution in [2.45, 2.75) is 20.3 Å². The highest BCUT2D eigenvalue weighted by Crippen LogP contribution is 2.23. The maximum Gasteiger partial charge on any atom is 0.290 e. The van der Waals surface area contributed by atoms with Gasteiger partial charge in [0.05, 0.1) is 10.6 Å². The Hall–Kier alpha value is -2.77. The minimum atomic E-state index is -0.396. The summed E-state index contributed by atoms with van der Waals surface area (Å²) in [6, 6.07) is 5.75. The van der Waals surface area contributed by atoms with E-state index in [1.54, 1.807) is 13.0 Å². The minimum absolute atomic E-state index is 0.0603. The first-order valence-electron chi connectivity index (χ1n) is 7.96. The Balaban J connectivity index is 1.72. The van der Waals surface area contributed by atoms with Crippen molar-refractivity contribution in [1.29, 1.82) is 0 Å². The lowest BCUT2D eigenvalue weighted by Crippen LogP contribution is -2.31. The number of hydrogen-bond donors (Lipinski definition) is 0. The highest BCUT2D eigenvalue weighted by atomic mass is 16.6. The van der Waals surface area contributed by atoms with Crippen molar-refractivity contribution in [2.24, 2.45) is 0 Å². The average Bonchev–Trinajstić information content (AvgIpc) is 2.81. The molecule has 0 atom stereocenters. The summed E-state index contributed by atoms with van der Waals surface area (Å²) in [7, 11) is 0.